The lowest BCUT2D eigenvalue weighted by molar-refractivity contribution is -0.117. The number of halogens is 1. The first-order valence-electron chi connectivity index (χ1n) is 6.40. The van der Waals surface area contributed by atoms with Gasteiger partial charge in [0.25, 0.3) is 0 Å². The van der Waals surface area contributed by atoms with Crippen molar-refractivity contribution in [3.63, 3.8) is 0 Å². The Morgan fingerprint density at radius 3 is 2.85 bits per heavy atom. The van der Waals surface area contributed by atoms with Gasteiger partial charge in [0.2, 0.25) is 5.91 Å². The van der Waals surface area contributed by atoms with E-state index in [4.69, 9.17) is 11.0 Å². The number of nitrogens with one attached hydrogen (secondary N) is 1. The smallest absolute Gasteiger partial charge is 0.238 e. The van der Waals surface area contributed by atoms with Crippen LogP contribution in [0.3, 0.4) is 0 Å². The molecule has 0 fully saturated rings. The molecule has 0 atom stereocenters. The first-order valence-corrected chi connectivity index (χ1v) is 6.40. The summed E-state index contributed by atoms with van der Waals surface area (Å²) in [6, 6.07) is 6.18. The molecule has 0 radical (unpaired) electrons. The second kappa shape index (κ2) is 7.46. The van der Waals surface area contributed by atoms with E-state index >= 15 is 0 Å². The van der Waals surface area contributed by atoms with E-state index in [2.05, 4.69) is 5.32 Å². The zero-order valence-corrected chi connectivity index (χ0v) is 11.7. The summed E-state index contributed by atoms with van der Waals surface area (Å²) < 4.78 is 13.5. The molecule has 0 unspecified atom stereocenters. The number of amides is 1. The lowest BCUT2D eigenvalue weighted by atomic mass is 10.2. The Kier molecular flexibility index (Phi) is 5.94. The zero-order chi connectivity index (χ0) is 15.1. The monoisotopic (exact) mass is 278 g/mol. The minimum absolute atomic E-state index is 0.0685. The van der Waals surface area contributed by atoms with Gasteiger partial charge in [-0.2, -0.15) is 5.26 Å². The van der Waals surface area contributed by atoms with Crippen LogP contribution in [0.2, 0.25) is 0 Å². The molecule has 1 aromatic carbocycles. The van der Waals surface area contributed by atoms with Crippen molar-refractivity contribution in [1.82, 2.24) is 4.90 Å². The van der Waals surface area contributed by atoms with Crippen molar-refractivity contribution in [2.24, 2.45) is 0 Å². The number of carbonyl (C=O) groups excluding carboxylic acids is 1. The Hall–Kier alpha value is -2.13. The third-order valence-corrected chi connectivity index (χ3v) is 2.85. The van der Waals surface area contributed by atoms with E-state index in [1.807, 2.05) is 24.8 Å². The van der Waals surface area contributed by atoms with Gasteiger partial charge in [0.05, 0.1) is 18.3 Å². The van der Waals surface area contributed by atoms with Crippen molar-refractivity contribution < 1.29 is 9.18 Å². The highest BCUT2D eigenvalue weighted by molar-refractivity contribution is 5.92. The molecule has 0 heterocycles. The Morgan fingerprint density at radius 1 is 1.55 bits per heavy atom. The predicted molar refractivity (Wildman–Crippen MR) is 76.4 cm³/mol. The molecular formula is C14H19FN4O. The number of nitrogen functional groups attached to an aromatic ring is 1. The number of nitriles is 1. The number of anilines is 2. The van der Waals surface area contributed by atoms with E-state index in [0.29, 0.717) is 18.7 Å². The van der Waals surface area contributed by atoms with Crippen LogP contribution in [0.25, 0.3) is 0 Å². The van der Waals surface area contributed by atoms with Crippen LogP contribution >= 0.6 is 0 Å². The Bertz CT molecular complexity index is 510. The SMILES string of the molecule is CC(C)N(CCC#N)CC(=O)Nc1cc(N)ccc1F. The number of hydrogen-bond donors (Lipinski definition) is 2. The van der Waals surface area contributed by atoms with E-state index in [1.165, 1.54) is 18.2 Å². The summed E-state index contributed by atoms with van der Waals surface area (Å²) in [7, 11) is 0. The Morgan fingerprint density at radius 2 is 2.25 bits per heavy atom. The summed E-state index contributed by atoms with van der Waals surface area (Å²) in [4.78, 5) is 13.8. The molecule has 0 aromatic heterocycles. The summed E-state index contributed by atoms with van der Waals surface area (Å²) >= 11 is 0. The quantitative estimate of drug-likeness (QED) is 0.779. The Balaban J connectivity index is 2.66. The van der Waals surface area contributed by atoms with E-state index in [0.717, 1.165) is 0 Å². The molecule has 5 nitrogen and oxygen atoms in total. The minimum atomic E-state index is -0.527. The number of hydrogen-bond acceptors (Lipinski definition) is 4. The molecule has 3 N–H and O–H groups in total. The highest BCUT2D eigenvalue weighted by Gasteiger charge is 2.15. The molecule has 0 bridgehead atoms. The number of rotatable bonds is 6. The molecule has 0 aliphatic heterocycles. The summed E-state index contributed by atoms with van der Waals surface area (Å²) in [6.45, 7) is 4.48. The maximum Gasteiger partial charge on any atom is 0.238 e. The summed E-state index contributed by atoms with van der Waals surface area (Å²) in [5.74, 6) is -0.859. The van der Waals surface area contributed by atoms with Crippen LogP contribution in [0.1, 0.15) is 20.3 Å². The van der Waals surface area contributed by atoms with E-state index in [1.54, 1.807) is 0 Å². The predicted octanol–water partition coefficient (Wildman–Crippen LogP) is 1.97. The molecule has 1 amide bonds. The maximum atomic E-state index is 13.5. The second-order valence-electron chi connectivity index (χ2n) is 4.76. The van der Waals surface area contributed by atoms with Gasteiger partial charge in [0.1, 0.15) is 5.82 Å². The van der Waals surface area contributed by atoms with Crippen LogP contribution in [0, 0.1) is 17.1 Å². The van der Waals surface area contributed by atoms with Crippen molar-refractivity contribution in [3.8, 4) is 6.07 Å². The largest absolute Gasteiger partial charge is 0.399 e. The molecule has 0 aliphatic carbocycles. The minimum Gasteiger partial charge on any atom is -0.399 e. The zero-order valence-electron chi connectivity index (χ0n) is 11.7. The van der Waals surface area contributed by atoms with Crippen molar-refractivity contribution in [2.75, 3.05) is 24.1 Å². The Labute approximate surface area is 118 Å². The van der Waals surface area contributed by atoms with Gasteiger partial charge in [-0.05, 0) is 32.0 Å². The van der Waals surface area contributed by atoms with Gasteiger partial charge in [-0.3, -0.25) is 9.69 Å². The van der Waals surface area contributed by atoms with Gasteiger partial charge in [0, 0.05) is 24.7 Å². The van der Waals surface area contributed by atoms with E-state index in [9.17, 15) is 9.18 Å². The third-order valence-electron chi connectivity index (χ3n) is 2.85. The molecule has 6 heteroatoms. The fourth-order valence-electron chi connectivity index (χ4n) is 1.73. The molecule has 0 saturated carbocycles. The number of benzene rings is 1. The van der Waals surface area contributed by atoms with Crippen LogP contribution in [-0.2, 0) is 4.79 Å². The van der Waals surface area contributed by atoms with Crippen LogP contribution in [0.15, 0.2) is 18.2 Å². The third kappa shape index (κ3) is 4.86. The van der Waals surface area contributed by atoms with Crippen LogP contribution in [0.5, 0.6) is 0 Å². The summed E-state index contributed by atoms with van der Waals surface area (Å²) in [5.41, 5.74) is 6.00. The van der Waals surface area contributed by atoms with E-state index in [-0.39, 0.29) is 24.2 Å². The van der Waals surface area contributed by atoms with Crippen LogP contribution in [0.4, 0.5) is 15.8 Å². The van der Waals surface area contributed by atoms with Crippen LogP contribution < -0.4 is 11.1 Å². The lowest BCUT2D eigenvalue weighted by Crippen LogP contribution is -2.38. The van der Waals surface area contributed by atoms with Gasteiger partial charge < -0.3 is 11.1 Å². The van der Waals surface area contributed by atoms with Gasteiger partial charge >= 0.3 is 0 Å². The van der Waals surface area contributed by atoms with Gasteiger partial charge in [0.15, 0.2) is 0 Å². The van der Waals surface area contributed by atoms with Crippen LogP contribution in [-0.4, -0.2) is 29.9 Å². The first kappa shape index (κ1) is 15.9. The fraction of sp³-hybridized carbons (Fsp3) is 0.429. The molecule has 20 heavy (non-hydrogen) atoms. The number of nitrogens with zero attached hydrogens (tertiary/aromatic N) is 2. The standard InChI is InChI=1S/C14H19FN4O/c1-10(2)19(7-3-6-16)9-14(20)18-13-8-11(17)4-5-12(13)15/h4-5,8,10H,3,7,9,17H2,1-2H3,(H,18,20). The molecule has 0 aliphatic rings. The molecule has 1 rings (SSSR count). The van der Waals surface area contributed by atoms with Crippen molar-refractivity contribution in [3.05, 3.63) is 24.0 Å². The highest BCUT2D eigenvalue weighted by atomic mass is 19.1. The van der Waals surface area contributed by atoms with Crippen molar-refractivity contribution in [2.45, 2.75) is 26.3 Å². The van der Waals surface area contributed by atoms with Gasteiger partial charge in [-0.15, -0.1) is 0 Å². The average Bonchev–Trinajstić information content (AvgIpc) is 2.38. The van der Waals surface area contributed by atoms with E-state index < -0.39 is 5.82 Å². The summed E-state index contributed by atoms with van der Waals surface area (Å²) in [5, 5.41) is 11.1. The molecular weight excluding hydrogens is 259 g/mol. The van der Waals surface area contributed by atoms with Gasteiger partial charge in [-0.25, -0.2) is 4.39 Å². The molecule has 0 spiro atoms. The molecule has 108 valence electrons. The number of nitrogens with two attached hydrogens (primary N) is 1. The maximum absolute atomic E-state index is 13.5. The summed E-state index contributed by atoms with van der Waals surface area (Å²) in [6.07, 6.45) is 0.345. The average molecular weight is 278 g/mol. The van der Waals surface area contributed by atoms with Gasteiger partial charge in [-0.1, -0.05) is 0 Å². The lowest BCUT2D eigenvalue weighted by Gasteiger charge is -2.24. The normalized spacial score (nSPS) is 10.6. The fourth-order valence-corrected chi connectivity index (χ4v) is 1.73. The molecule has 1 aromatic rings. The number of carbonyl (C=O) groups is 1. The first-order chi connectivity index (χ1) is 9.43. The highest BCUT2D eigenvalue weighted by Crippen LogP contribution is 2.17. The van der Waals surface area contributed by atoms with Crippen molar-refractivity contribution >= 4 is 17.3 Å². The van der Waals surface area contributed by atoms with Crippen molar-refractivity contribution in [1.29, 1.82) is 5.26 Å². The molecule has 0 saturated heterocycles. The topological polar surface area (TPSA) is 82.2 Å². The second-order valence-corrected chi connectivity index (χ2v) is 4.76.